The van der Waals surface area contributed by atoms with E-state index in [9.17, 15) is 4.79 Å². The van der Waals surface area contributed by atoms with Crippen molar-refractivity contribution in [3.05, 3.63) is 24.3 Å². The van der Waals surface area contributed by atoms with Gasteiger partial charge in [-0.3, -0.25) is 4.79 Å². The van der Waals surface area contributed by atoms with Gasteiger partial charge in [-0.15, -0.1) is 0 Å². The normalized spacial score (nSPS) is 10.1. The summed E-state index contributed by atoms with van der Waals surface area (Å²) in [6.45, 7) is 4.01. The highest BCUT2D eigenvalue weighted by molar-refractivity contribution is 5.75. The monoisotopic (exact) mass is 252 g/mol. The summed E-state index contributed by atoms with van der Waals surface area (Å²) >= 11 is 0. The summed E-state index contributed by atoms with van der Waals surface area (Å²) in [5.74, 6) is 0.677. The predicted octanol–water partition coefficient (Wildman–Crippen LogP) is 1.19. The number of carbonyl (C=O) groups is 1. The molecular formula is C13H20N2O3. The van der Waals surface area contributed by atoms with Gasteiger partial charge in [-0.05, 0) is 31.2 Å². The molecule has 0 atom stereocenters. The van der Waals surface area contributed by atoms with E-state index >= 15 is 0 Å². The van der Waals surface area contributed by atoms with Crippen LogP contribution in [0, 0.1) is 0 Å². The Kier molecular flexibility index (Phi) is 6.64. The Bertz CT molecular complexity index is 352. The SMILES string of the molecule is CCOCCNC(=O)CCOc1ccc(N)cc1. The molecule has 1 rings (SSSR count). The van der Waals surface area contributed by atoms with E-state index in [4.69, 9.17) is 15.2 Å². The Labute approximate surface area is 107 Å². The van der Waals surface area contributed by atoms with Crippen LogP contribution in [-0.4, -0.2) is 32.3 Å². The highest BCUT2D eigenvalue weighted by Crippen LogP contribution is 2.12. The fourth-order valence-electron chi connectivity index (χ4n) is 1.32. The summed E-state index contributed by atoms with van der Waals surface area (Å²) in [7, 11) is 0. The topological polar surface area (TPSA) is 73.6 Å². The molecule has 0 bridgehead atoms. The van der Waals surface area contributed by atoms with E-state index in [1.807, 2.05) is 6.92 Å². The van der Waals surface area contributed by atoms with E-state index < -0.39 is 0 Å². The van der Waals surface area contributed by atoms with Crippen molar-refractivity contribution in [3.63, 3.8) is 0 Å². The lowest BCUT2D eigenvalue weighted by atomic mass is 10.3. The highest BCUT2D eigenvalue weighted by atomic mass is 16.5. The van der Waals surface area contributed by atoms with Crippen molar-refractivity contribution in [1.82, 2.24) is 5.32 Å². The molecule has 5 nitrogen and oxygen atoms in total. The molecule has 1 aromatic carbocycles. The molecule has 0 aromatic heterocycles. The fraction of sp³-hybridized carbons (Fsp3) is 0.462. The van der Waals surface area contributed by atoms with Crippen LogP contribution in [0.15, 0.2) is 24.3 Å². The molecule has 0 radical (unpaired) electrons. The summed E-state index contributed by atoms with van der Waals surface area (Å²) in [5.41, 5.74) is 6.24. The van der Waals surface area contributed by atoms with Crippen LogP contribution in [-0.2, 0) is 9.53 Å². The number of nitrogens with one attached hydrogen (secondary N) is 1. The smallest absolute Gasteiger partial charge is 0.223 e. The van der Waals surface area contributed by atoms with Crippen molar-refractivity contribution in [3.8, 4) is 5.75 Å². The molecule has 100 valence electrons. The van der Waals surface area contributed by atoms with Gasteiger partial charge in [-0.25, -0.2) is 0 Å². The second-order valence-corrected chi connectivity index (χ2v) is 3.71. The first-order valence-electron chi connectivity index (χ1n) is 6.05. The minimum atomic E-state index is -0.0369. The molecule has 0 aliphatic rings. The number of nitrogen functional groups attached to an aromatic ring is 1. The van der Waals surface area contributed by atoms with Crippen molar-refractivity contribution in [2.45, 2.75) is 13.3 Å². The number of hydrogen-bond donors (Lipinski definition) is 2. The third-order valence-corrected chi connectivity index (χ3v) is 2.25. The van der Waals surface area contributed by atoms with Gasteiger partial charge in [0.05, 0.1) is 19.6 Å². The van der Waals surface area contributed by atoms with E-state index in [1.165, 1.54) is 0 Å². The maximum Gasteiger partial charge on any atom is 0.223 e. The molecule has 0 aliphatic carbocycles. The number of benzene rings is 1. The molecule has 0 unspecified atom stereocenters. The molecule has 1 amide bonds. The first-order chi connectivity index (χ1) is 8.72. The number of carbonyl (C=O) groups excluding carboxylic acids is 1. The molecule has 0 saturated carbocycles. The Morgan fingerprint density at radius 3 is 2.67 bits per heavy atom. The summed E-state index contributed by atoms with van der Waals surface area (Å²) < 4.78 is 10.5. The van der Waals surface area contributed by atoms with Gasteiger partial charge in [0.2, 0.25) is 5.91 Å². The van der Waals surface area contributed by atoms with E-state index in [2.05, 4.69) is 5.32 Å². The highest BCUT2D eigenvalue weighted by Gasteiger charge is 2.01. The maximum absolute atomic E-state index is 11.4. The van der Waals surface area contributed by atoms with Crippen molar-refractivity contribution in [1.29, 1.82) is 0 Å². The van der Waals surface area contributed by atoms with Crippen LogP contribution < -0.4 is 15.8 Å². The van der Waals surface area contributed by atoms with Gasteiger partial charge in [0.1, 0.15) is 5.75 Å². The average molecular weight is 252 g/mol. The number of amides is 1. The van der Waals surface area contributed by atoms with Crippen LogP contribution in [0.1, 0.15) is 13.3 Å². The zero-order valence-corrected chi connectivity index (χ0v) is 10.6. The van der Waals surface area contributed by atoms with Gasteiger partial charge in [-0.2, -0.15) is 0 Å². The number of nitrogens with two attached hydrogens (primary N) is 1. The van der Waals surface area contributed by atoms with Gasteiger partial charge in [0.15, 0.2) is 0 Å². The quantitative estimate of drug-likeness (QED) is 0.538. The van der Waals surface area contributed by atoms with Gasteiger partial charge in [0, 0.05) is 18.8 Å². The second-order valence-electron chi connectivity index (χ2n) is 3.71. The Hall–Kier alpha value is -1.75. The first kappa shape index (κ1) is 14.3. The number of ether oxygens (including phenoxy) is 2. The van der Waals surface area contributed by atoms with Crippen LogP contribution >= 0.6 is 0 Å². The number of rotatable bonds is 8. The third kappa shape index (κ3) is 6.10. The summed E-state index contributed by atoms with van der Waals surface area (Å²) in [6, 6.07) is 7.08. The Morgan fingerprint density at radius 2 is 2.00 bits per heavy atom. The Balaban J connectivity index is 2.10. The third-order valence-electron chi connectivity index (χ3n) is 2.25. The number of hydrogen-bond acceptors (Lipinski definition) is 4. The summed E-state index contributed by atoms with van der Waals surface area (Å²) in [6.07, 6.45) is 0.330. The van der Waals surface area contributed by atoms with Crippen molar-refractivity contribution in [2.24, 2.45) is 0 Å². The van der Waals surface area contributed by atoms with Crippen LogP contribution in [0.2, 0.25) is 0 Å². The molecule has 0 spiro atoms. The molecule has 0 fully saturated rings. The molecule has 0 aliphatic heterocycles. The van der Waals surface area contributed by atoms with E-state index in [0.29, 0.717) is 44.2 Å². The van der Waals surface area contributed by atoms with Gasteiger partial charge in [-0.1, -0.05) is 0 Å². The van der Waals surface area contributed by atoms with Crippen LogP contribution in [0.5, 0.6) is 5.75 Å². The zero-order chi connectivity index (χ0) is 13.2. The largest absolute Gasteiger partial charge is 0.493 e. The fourth-order valence-corrected chi connectivity index (χ4v) is 1.32. The lowest BCUT2D eigenvalue weighted by Crippen LogP contribution is -2.28. The van der Waals surface area contributed by atoms with E-state index in [-0.39, 0.29) is 5.91 Å². The van der Waals surface area contributed by atoms with Crippen molar-refractivity contribution >= 4 is 11.6 Å². The zero-order valence-electron chi connectivity index (χ0n) is 10.6. The van der Waals surface area contributed by atoms with Crippen molar-refractivity contribution in [2.75, 3.05) is 32.1 Å². The first-order valence-corrected chi connectivity index (χ1v) is 6.05. The second kappa shape index (κ2) is 8.36. The minimum absolute atomic E-state index is 0.0369. The molecule has 0 heterocycles. The van der Waals surface area contributed by atoms with Crippen LogP contribution in [0.25, 0.3) is 0 Å². The van der Waals surface area contributed by atoms with E-state index in [1.54, 1.807) is 24.3 Å². The summed E-state index contributed by atoms with van der Waals surface area (Å²) in [5, 5.41) is 2.75. The van der Waals surface area contributed by atoms with Gasteiger partial charge >= 0.3 is 0 Å². The average Bonchev–Trinajstić information content (AvgIpc) is 2.37. The molecule has 18 heavy (non-hydrogen) atoms. The summed E-state index contributed by atoms with van der Waals surface area (Å²) in [4.78, 5) is 11.4. The standard InChI is InChI=1S/C13H20N2O3/c1-2-17-10-8-15-13(16)7-9-18-12-5-3-11(14)4-6-12/h3-6H,2,7-10,14H2,1H3,(H,15,16). The lowest BCUT2D eigenvalue weighted by Gasteiger charge is -2.07. The Morgan fingerprint density at radius 1 is 1.28 bits per heavy atom. The minimum Gasteiger partial charge on any atom is -0.493 e. The molecule has 0 saturated heterocycles. The van der Waals surface area contributed by atoms with Gasteiger partial charge in [0.25, 0.3) is 0 Å². The maximum atomic E-state index is 11.4. The molecule has 3 N–H and O–H groups in total. The number of anilines is 1. The lowest BCUT2D eigenvalue weighted by molar-refractivity contribution is -0.121. The van der Waals surface area contributed by atoms with Crippen LogP contribution in [0.4, 0.5) is 5.69 Å². The predicted molar refractivity (Wildman–Crippen MR) is 70.5 cm³/mol. The van der Waals surface area contributed by atoms with Crippen LogP contribution in [0.3, 0.4) is 0 Å². The van der Waals surface area contributed by atoms with Gasteiger partial charge < -0.3 is 20.5 Å². The molecule has 5 heteroatoms. The van der Waals surface area contributed by atoms with E-state index in [0.717, 1.165) is 0 Å². The molecule has 1 aromatic rings. The van der Waals surface area contributed by atoms with Crippen molar-refractivity contribution < 1.29 is 14.3 Å². The molecular weight excluding hydrogens is 232 g/mol.